The number of nitrogens with one attached hydrogen (secondary N) is 2. The molecule has 1 amide bonds. The smallest absolute Gasteiger partial charge is 0.337 e. The van der Waals surface area contributed by atoms with Gasteiger partial charge in [-0.25, -0.2) is 4.79 Å². The number of rotatable bonds is 6. The van der Waals surface area contributed by atoms with Crippen LogP contribution in [-0.2, 0) is 11.3 Å². The monoisotopic (exact) mass is 411 g/mol. The van der Waals surface area contributed by atoms with Crippen molar-refractivity contribution in [3.8, 4) is 5.75 Å². The standard InChI is InChI=1S/C22H25N3O5/c1-29-22(28)15-3-2-4-17(10-15)30-8-7-24-20(26)18-5-6-19-16-9-14(11-23-12-16)13-25(19)21(18)27/h2-6,10,14,16,23H,7-9,11-13H2,1H3,(H,24,26)/t14-,16+/m0/s1. The predicted molar refractivity (Wildman–Crippen MR) is 110 cm³/mol. The van der Waals surface area contributed by atoms with Crippen LogP contribution in [-0.4, -0.2) is 49.8 Å². The van der Waals surface area contributed by atoms with Crippen molar-refractivity contribution < 1.29 is 19.1 Å². The van der Waals surface area contributed by atoms with Crippen molar-refractivity contribution in [3.63, 3.8) is 0 Å². The number of carbonyl (C=O) groups excluding carboxylic acids is 2. The number of benzene rings is 1. The number of ether oxygens (including phenoxy) is 2. The van der Waals surface area contributed by atoms with Gasteiger partial charge in [-0.2, -0.15) is 0 Å². The van der Waals surface area contributed by atoms with Gasteiger partial charge < -0.3 is 24.7 Å². The highest BCUT2D eigenvalue weighted by Crippen LogP contribution is 2.31. The van der Waals surface area contributed by atoms with Gasteiger partial charge in [0.2, 0.25) is 0 Å². The van der Waals surface area contributed by atoms with Gasteiger partial charge in [-0.1, -0.05) is 6.07 Å². The summed E-state index contributed by atoms with van der Waals surface area (Å²) in [6.07, 6.45) is 1.09. The van der Waals surface area contributed by atoms with Crippen LogP contribution in [0.4, 0.5) is 0 Å². The number of piperidine rings is 1. The van der Waals surface area contributed by atoms with E-state index in [1.807, 2.05) is 6.07 Å². The van der Waals surface area contributed by atoms with Crippen LogP contribution in [0.2, 0.25) is 0 Å². The zero-order chi connectivity index (χ0) is 21.1. The molecule has 2 aliphatic heterocycles. The van der Waals surface area contributed by atoms with E-state index in [1.54, 1.807) is 34.9 Å². The maximum Gasteiger partial charge on any atom is 0.337 e. The van der Waals surface area contributed by atoms with Crippen LogP contribution in [0, 0.1) is 5.92 Å². The van der Waals surface area contributed by atoms with E-state index in [0.717, 1.165) is 25.2 Å². The summed E-state index contributed by atoms with van der Waals surface area (Å²) >= 11 is 0. The van der Waals surface area contributed by atoms with Gasteiger partial charge in [-0.3, -0.25) is 9.59 Å². The molecule has 158 valence electrons. The number of carbonyl (C=O) groups is 2. The van der Waals surface area contributed by atoms with E-state index in [0.29, 0.717) is 29.7 Å². The molecule has 0 unspecified atom stereocenters. The molecule has 2 bridgehead atoms. The number of esters is 1. The van der Waals surface area contributed by atoms with Crippen molar-refractivity contribution in [3.05, 3.63) is 63.6 Å². The summed E-state index contributed by atoms with van der Waals surface area (Å²) in [4.78, 5) is 37.0. The molecule has 1 aromatic carbocycles. The number of amides is 1. The quantitative estimate of drug-likeness (QED) is 0.547. The first-order chi connectivity index (χ1) is 14.6. The largest absolute Gasteiger partial charge is 0.492 e. The van der Waals surface area contributed by atoms with Crippen LogP contribution in [0.25, 0.3) is 0 Å². The summed E-state index contributed by atoms with van der Waals surface area (Å²) in [6, 6.07) is 10.1. The number of fused-ring (bicyclic) bond motifs is 4. The highest BCUT2D eigenvalue weighted by molar-refractivity contribution is 5.93. The molecule has 3 heterocycles. The third kappa shape index (κ3) is 4.09. The Balaban J connectivity index is 1.36. The van der Waals surface area contributed by atoms with Crippen molar-refractivity contribution in [2.45, 2.75) is 18.9 Å². The Hall–Kier alpha value is -3.13. The van der Waals surface area contributed by atoms with Gasteiger partial charge in [0.1, 0.15) is 17.9 Å². The van der Waals surface area contributed by atoms with Crippen molar-refractivity contribution in [1.29, 1.82) is 0 Å². The van der Waals surface area contributed by atoms with E-state index in [4.69, 9.17) is 4.74 Å². The first-order valence-corrected chi connectivity index (χ1v) is 10.1. The topological polar surface area (TPSA) is 98.7 Å². The summed E-state index contributed by atoms with van der Waals surface area (Å²) < 4.78 is 12.0. The lowest BCUT2D eigenvalue weighted by molar-refractivity contribution is 0.0600. The Kier molecular flexibility index (Phi) is 5.85. The molecular weight excluding hydrogens is 386 g/mol. The molecule has 1 aromatic heterocycles. The SMILES string of the molecule is COC(=O)c1cccc(OCCNC(=O)c2ccc3n(c2=O)C[C@@H]2CNC[C@H]3C2)c1. The van der Waals surface area contributed by atoms with Gasteiger partial charge in [-0.15, -0.1) is 0 Å². The number of hydrogen-bond donors (Lipinski definition) is 2. The van der Waals surface area contributed by atoms with Crippen molar-refractivity contribution in [1.82, 2.24) is 15.2 Å². The molecule has 1 fully saturated rings. The second kappa shape index (κ2) is 8.71. The number of nitrogens with zero attached hydrogens (tertiary/aromatic N) is 1. The molecule has 2 atom stereocenters. The van der Waals surface area contributed by atoms with Crippen LogP contribution in [0.1, 0.15) is 38.7 Å². The van der Waals surface area contributed by atoms with Gasteiger partial charge >= 0.3 is 5.97 Å². The molecule has 0 radical (unpaired) electrons. The number of methoxy groups -OCH3 is 1. The Bertz CT molecular complexity index is 1020. The van der Waals surface area contributed by atoms with Crippen LogP contribution in [0.3, 0.4) is 0 Å². The fraction of sp³-hybridized carbons (Fsp3) is 0.409. The Morgan fingerprint density at radius 3 is 2.93 bits per heavy atom. The molecule has 0 aliphatic carbocycles. The molecule has 2 N–H and O–H groups in total. The zero-order valence-electron chi connectivity index (χ0n) is 16.8. The van der Waals surface area contributed by atoms with Crippen molar-refractivity contribution in [2.24, 2.45) is 5.92 Å². The van der Waals surface area contributed by atoms with E-state index in [1.165, 1.54) is 7.11 Å². The highest BCUT2D eigenvalue weighted by atomic mass is 16.5. The van der Waals surface area contributed by atoms with Crippen LogP contribution in [0.15, 0.2) is 41.2 Å². The van der Waals surface area contributed by atoms with E-state index < -0.39 is 11.9 Å². The third-order valence-electron chi connectivity index (χ3n) is 5.66. The fourth-order valence-electron chi connectivity index (χ4n) is 4.22. The molecule has 0 saturated carbocycles. The maximum atomic E-state index is 12.9. The molecule has 8 nitrogen and oxygen atoms in total. The maximum absolute atomic E-state index is 12.9. The summed E-state index contributed by atoms with van der Waals surface area (Å²) in [5.41, 5.74) is 1.32. The number of aromatic nitrogens is 1. The first-order valence-electron chi connectivity index (χ1n) is 10.1. The zero-order valence-corrected chi connectivity index (χ0v) is 16.8. The lowest BCUT2D eigenvalue weighted by Gasteiger charge is -2.37. The minimum atomic E-state index is -0.443. The molecule has 1 saturated heterocycles. The van der Waals surface area contributed by atoms with Crippen molar-refractivity contribution in [2.75, 3.05) is 33.4 Å². The third-order valence-corrected chi connectivity index (χ3v) is 5.66. The second-order valence-corrected chi connectivity index (χ2v) is 7.67. The highest BCUT2D eigenvalue weighted by Gasteiger charge is 2.31. The molecular formula is C22H25N3O5. The Morgan fingerprint density at radius 1 is 1.23 bits per heavy atom. The number of hydrogen-bond acceptors (Lipinski definition) is 6. The van der Waals surface area contributed by atoms with Gasteiger partial charge in [0.15, 0.2) is 0 Å². The minimum Gasteiger partial charge on any atom is -0.492 e. The van der Waals surface area contributed by atoms with E-state index in [2.05, 4.69) is 15.4 Å². The molecule has 2 aromatic rings. The average Bonchev–Trinajstić information content (AvgIpc) is 2.77. The number of pyridine rings is 1. The average molecular weight is 411 g/mol. The van der Waals surface area contributed by atoms with E-state index >= 15 is 0 Å². The Morgan fingerprint density at radius 2 is 2.10 bits per heavy atom. The minimum absolute atomic E-state index is 0.152. The van der Waals surface area contributed by atoms with Crippen LogP contribution >= 0.6 is 0 Å². The molecule has 4 rings (SSSR count). The van der Waals surface area contributed by atoms with Gasteiger partial charge in [-0.05, 0) is 49.2 Å². The van der Waals surface area contributed by atoms with Gasteiger partial charge in [0.05, 0.1) is 19.2 Å². The fourth-order valence-corrected chi connectivity index (χ4v) is 4.22. The first kappa shape index (κ1) is 20.2. The summed E-state index contributed by atoms with van der Waals surface area (Å²) in [6.45, 7) is 2.87. The molecule has 2 aliphatic rings. The molecule has 30 heavy (non-hydrogen) atoms. The normalized spacial score (nSPS) is 19.5. The van der Waals surface area contributed by atoms with Crippen LogP contribution in [0.5, 0.6) is 5.75 Å². The van der Waals surface area contributed by atoms with E-state index in [-0.39, 0.29) is 24.3 Å². The van der Waals surface area contributed by atoms with Crippen molar-refractivity contribution >= 4 is 11.9 Å². The van der Waals surface area contributed by atoms with Gasteiger partial charge in [0, 0.05) is 24.7 Å². The second-order valence-electron chi connectivity index (χ2n) is 7.67. The van der Waals surface area contributed by atoms with Gasteiger partial charge in [0.25, 0.3) is 11.5 Å². The Labute approximate surface area is 174 Å². The summed E-state index contributed by atoms with van der Waals surface area (Å²) in [5, 5.41) is 6.15. The molecule has 0 spiro atoms. The molecule has 8 heteroatoms. The summed E-state index contributed by atoms with van der Waals surface area (Å²) in [7, 11) is 1.32. The summed E-state index contributed by atoms with van der Waals surface area (Å²) in [5.74, 6) is 0.414. The predicted octanol–water partition coefficient (Wildman–Crippen LogP) is 1.15. The lowest BCUT2D eigenvalue weighted by Crippen LogP contribution is -2.46. The van der Waals surface area contributed by atoms with E-state index in [9.17, 15) is 14.4 Å². The van der Waals surface area contributed by atoms with Crippen LogP contribution < -0.4 is 20.9 Å². The lowest BCUT2D eigenvalue weighted by atomic mass is 9.84.